The number of hydrogen-bond acceptors (Lipinski definition) is 3. The second kappa shape index (κ2) is 4.49. The van der Waals surface area contributed by atoms with Gasteiger partial charge >= 0.3 is 0 Å². The first-order valence-corrected chi connectivity index (χ1v) is 7.18. The Hall–Kier alpha value is -1.36. The van der Waals surface area contributed by atoms with Crippen molar-refractivity contribution in [1.29, 1.82) is 0 Å². The van der Waals surface area contributed by atoms with Gasteiger partial charge in [-0.3, -0.25) is 4.79 Å². The molecule has 1 amide bonds. The van der Waals surface area contributed by atoms with E-state index in [1.54, 1.807) is 13.0 Å². The molecule has 0 atom stereocenters. The third-order valence-electron chi connectivity index (χ3n) is 2.64. The van der Waals surface area contributed by atoms with Crippen LogP contribution in [0.5, 0.6) is 0 Å². The van der Waals surface area contributed by atoms with Crippen molar-refractivity contribution in [2.75, 3.05) is 6.26 Å². The van der Waals surface area contributed by atoms with E-state index < -0.39 is 15.7 Å². The standard InChI is InChI=1S/C12H17NO3S/c1-7(2)9-5-8(3)10(12(13)14)6-11(9)17(4,15)16/h5-7H,1-4H3,(H2,13,14). The quantitative estimate of drug-likeness (QED) is 0.891. The molecule has 0 aliphatic rings. The summed E-state index contributed by atoms with van der Waals surface area (Å²) in [5.41, 5.74) is 6.90. The molecule has 0 bridgehead atoms. The predicted molar refractivity (Wildman–Crippen MR) is 66.9 cm³/mol. The van der Waals surface area contributed by atoms with Crippen molar-refractivity contribution in [2.24, 2.45) is 5.73 Å². The van der Waals surface area contributed by atoms with Gasteiger partial charge in [-0.05, 0) is 30.0 Å². The molecular formula is C12H17NO3S. The number of aryl methyl sites for hydroxylation is 1. The second-order valence-electron chi connectivity index (χ2n) is 4.50. The SMILES string of the molecule is Cc1cc(C(C)C)c(S(C)(=O)=O)cc1C(N)=O. The number of benzene rings is 1. The average Bonchev–Trinajstić information content (AvgIpc) is 2.14. The molecule has 4 nitrogen and oxygen atoms in total. The minimum Gasteiger partial charge on any atom is -0.366 e. The van der Waals surface area contributed by atoms with Crippen molar-refractivity contribution in [3.05, 3.63) is 28.8 Å². The fourth-order valence-corrected chi connectivity index (χ4v) is 2.80. The van der Waals surface area contributed by atoms with E-state index in [0.717, 1.165) is 11.8 Å². The highest BCUT2D eigenvalue weighted by Gasteiger charge is 2.19. The summed E-state index contributed by atoms with van der Waals surface area (Å²) in [6.07, 6.45) is 1.13. The summed E-state index contributed by atoms with van der Waals surface area (Å²) in [6, 6.07) is 3.10. The van der Waals surface area contributed by atoms with Gasteiger partial charge in [-0.25, -0.2) is 8.42 Å². The minimum absolute atomic E-state index is 0.0698. The van der Waals surface area contributed by atoms with Crippen LogP contribution in [0.1, 0.15) is 41.3 Å². The number of hydrogen-bond donors (Lipinski definition) is 1. The molecule has 1 aromatic rings. The Kier molecular flexibility index (Phi) is 3.62. The van der Waals surface area contributed by atoms with E-state index in [1.807, 2.05) is 13.8 Å². The average molecular weight is 255 g/mol. The fourth-order valence-electron chi connectivity index (χ4n) is 1.75. The number of nitrogens with two attached hydrogens (primary N) is 1. The van der Waals surface area contributed by atoms with Gasteiger partial charge < -0.3 is 5.73 Å². The summed E-state index contributed by atoms with van der Waals surface area (Å²) < 4.78 is 23.4. The summed E-state index contributed by atoms with van der Waals surface area (Å²) in [7, 11) is -3.36. The molecule has 0 aromatic heterocycles. The molecule has 5 heteroatoms. The Balaban J connectivity index is 3.66. The van der Waals surface area contributed by atoms with E-state index in [1.165, 1.54) is 6.07 Å². The zero-order chi connectivity index (χ0) is 13.4. The lowest BCUT2D eigenvalue weighted by molar-refractivity contribution is 0.0999. The zero-order valence-electron chi connectivity index (χ0n) is 10.4. The van der Waals surface area contributed by atoms with Crippen LogP contribution in [-0.2, 0) is 9.84 Å². The number of sulfone groups is 1. The van der Waals surface area contributed by atoms with Gasteiger partial charge in [0, 0.05) is 11.8 Å². The zero-order valence-corrected chi connectivity index (χ0v) is 11.3. The number of rotatable bonds is 3. The molecule has 0 spiro atoms. The lowest BCUT2D eigenvalue weighted by atomic mass is 9.97. The maximum Gasteiger partial charge on any atom is 0.249 e. The Labute approximate surface area is 102 Å². The molecule has 0 radical (unpaired) electrons. The van der Waals surface area contributed by atoms with Crippen molar-refractivity contribution < 1.29 is 13.2 Å². The van der Waals surface area contributed by atoms with Crippen LogP contribution in [0.15, 0.2) is 17.0 Å². The van der Waals surface area contributed by atoms with Crippen LogP contribution in [-0.4, -0.2) is 20.6 Å². The topological polar surface area (TPSA) is 77.2 Å². The van der Waals surface area contributed by atoms with Crippen LogP contribution in [0.2, 0.25) is 0 Å². The third-order valence-corrected chi connectivity index (χ3v) is 3.80. The Bertz CT molecular complexity index is 559. The molecule has 0 fully saturated rings. The number of carbonyl (C=O) groups excluding carboxylic acids is 1. The van der Waals surface area contributed by atoms with E-state index >= 15 is 0 Å². The van der Waals surface area contributed by atoms with Crippen molar-refractivity contribution >= 4 is 15.7 Å². The maximum absolute atomic E-state index is 11.7. The van der Waals surface area contributed by atoms with E-state index in [9.17, 15) is 13.2 Å². The Morgan fingerprint density at radius 2 is 1.82 bits per heavy atom. The molecule has 0 saturated heterocycles. The van der Waals surface area contributed by atoms with Crippen molar-refractivity contribution in [3.63, 3.8) is 0 Å². The maximum atomic E-state index is 11.7. The smallest absolute Gasteiger partial charge is 0.249 e. The van der Waals surface area contributed by atoms with E-state index in [2.05, 4.69) is 0 Å². The van der Waals surface area contributed by atoms with E-state index in [4.69, 9.17) is 5.73 Å². The normalized spacial score (nSPS) is 11.8. The first-order chi connectivity index (χ1) is 7.64. The van der Waals surface area contributed by atoms with Gasteiger partial charge in [0.05, 0.1) is 4.90 Å². The molecule has 17 heavy (non-hydrogen) atoms. The molecule has 94 valence electrons. The van der Waals surface area contributed by atoms with Gasteiger partial charge in [-0.2, -0.15) is 0 Å². The van der Waals surface area contributed by atoms with Gasteiger partial charge in [0.25, 0.3) is 0 Å². The summed E-state index contributed by atoms with van der Waals surface area (Å²) in [4.78, 5) is 11.4. The van der Waals surface area contributed by atoms with Crippen molar-refractivity contribution in [1.82, 2.24) is 0 Å². The van der Waals surface area contributed by atoms with Crippen LogP contribution in [0.25, 0.3) is 0 Å². The molecule has 0 saturated carbocycles. The summed E-state index contributed by atoms with van der Waals surface area (Å²) in [5.74, 6) is -0.539. The molecular weight excluding hydrogens is 238 g/mol. The highest BCUT2D eigenvalue weighted by Crippen LogP contribution is 2.27. The van der Waals surface area contributed by atoms with Gasteiger partial charge in [-0.15, -0.1) is 0 Å². The fraction of sp³-hybridized carbons (Fsp3) is 0.417. The summed E-state index contributed by atoms with van der Waals surface area (Å²) in [5, 5.41) is 0. The molecule has 0 aliphatic carbocycles. The van der Waals surface area contributed by atoms with Crippen LogP contribution in [0.4, 0.5) is 0 Å². The Morgan fingerprint density at radius 1 is 1.29 bits per heavy atom. The number of primary amides is 1. The van der Waals surface area contributed by atoms with Crippen LogP contribution in [0, 0.1) is 6.92 Å². The summed E-state index contributed by atoms with van der Waals surface area (Å²) >= 11 is 0. The summed E-state index contributed by atoms with van der Waals surface area (Å²) in [6.45, 7) is 5.57. The number of carbonyl (C=O) groups is 1. The molecule has 2 N–H and O–H groups in total. The minimum atomic E-state index is -3.36. The van der Waals surface area contributed by atoms with Gasteiger partial charge in [0.1, 0.15) is 0 Å². The molecule has 0 heterocycles. The third kappa shape index (κ3) is 2.85. The largest absolute Gasteiger partial charge is 0.366 e. The first-order valence-electron chi connectivity index (χ1n) is 5.29. The monoisotopic (exact) mass is 255 g/mol. The predicted octanol–water partition coefficient (Wildman–Crippen LogP) is 1.62. The van der Waals surface area contributed by atoms with Gasteiger partial charge in [-0.1, -0.05) is 19.9 Å². The van der Waals surface area contributed by atoms with Crippen molar-refractivity contribution in [3.8, 4) is 0 Å². The molecule has 1 aromatic carbocycles. The van der Waals surface area contributed by atoms with Crippen molar-refractivity contribution in [2.45, 2.75) is 31.6 Å². The lowest BCUT2D eigenvalue weighted by Crippen LogP contribution is -2.15. The number of amides is 1. The Morgan fingerprint density at radius 3 is 2.18 bits per heavy atom. The van der Waals surface area contributed by atoms with Crippen LogP contribution >= 0.6 is 0 Å². The van der Waals surface area contributed by atoms with E-state index in [0.29, 0.717) is 5.56 Å². The van der Waals surface area contributed by atoms with E-state index in [-0.39, 0.29) is 16.4 Å². The molecule has 1 rings (SSSR count). The lowest BCUT2D eigenvalue weighted by Gasteiger charge is -2.14. The molecule has 0 aliphatic heterocycles. The first kappa shape index (κ1) is 13.7. The van der Waals surface area contributed by atoms with Crippen LogP contribution in [0.3, 0.4) is 0 Å². The highest BCUT2D eigenvalue weighted by atomic mass is 32.2. The molecule has 0 unspecified atom stereocenters. The van der Waals surface area contributed by atoms with Gasteiger partial charge in [0.2, 0.25) is 5.91 Å². The highest BCUT2D eigenvalue weighted by molar-refractivity contribution is 7.90. The van der Waals surface area contributed by atoms with Gasteiger partial charge in [0.15, 0.2) is 9.84 Å². The second-order valence-corrected chi connectivity index (χ2v) is 6.48. The van der Waals surface area contributed by atoms with Crippen LogP contribution < -0.4 is 5.73 Å².